The Morgan fingerprint density at radius 3 is 1.07 bits per heavy atom. The number of hydrogen-bond donors (Lipinski definition) is 0. The van der Waals surface area contributed by atoms with Gasteiger partial charge in [0.25, 0.3) is 0 Å². The van der Waals surface area contributed by atoms with Crippen molar-refractivity contribution in [3.05, 3.63) is 249 Å². The molecule has 0 amide bonds. The summed E-state index contributed by atoms with van der Waals surface area (Å²) in [5.74, 6) is 1.87. The monoisotopic (exact) mass is 867 g/mol. The fourth-order valence-electron chi connectivity index (χ4n) is 9.99. The first-order valence-corrected chi connectivity index (χ1v) is 23.0. The molecule has 0 spiro atoms. The third-order valence-corrected chi connectivity index (χ3v) is 13.2. The molecule has 0 radical (unpaired) electrons. The highest BCUT2D eigenvalue weighted by Gasteiger charge is 2.20. The quantitative estimate of drug-likeness (QED) is 0.153. The summed E-state index contributed by atoms with van der Waals surface area (Å²) in [7, 11) is 0. The number of hydrogen-bond acceptors (Lipinski definition) is 3. The van der Waals surface area contributed by atoms with Crippen LogP contribution in [-0.2, 0) is 0 Å². The molecule has 0 N–H and O–H groups in total. The molecule has 0 unspecified atom stereocenters. The SMILES string of the molecule is c1ccc(-c2nc(-c3ccccc3)nc(-c3ccccc3-c3cc(-c4ccc5c(c4)c4ccccc4n5-c4ccccc4)cc(-c4ccc5c(c4)c4ccccc4n5-c4ccccc4)c3)n2)cc1. The van der Waals surface area contributed by atoms with Crippen molar-refractivity contribution in [2.75, 3.05) is 0 Å². The van der Waals surface area contributed by atoms with Gasteiger partial charge in [0, 0.05) is 49.6 Å². The average molecular weight is 868 g/mol. The van der Waals surface area contributed by atoms with Gasteiger partial charge in [-0.1, -0.05) is 170 Å². The molecule has 0 aliphatic heterocycles. The van der Waals surface area contributed by atoms with E-state index in [2.05, 4.69) is 221 Å². The summed E-state index contributed by atoms with van der Waals surface area (Å²) >= 11 is 0. The van der Waals surface area contributed by atoms with Gasteiger partial charge in [0.15, 0.2) is 17.5 Å². The van der Waals surface area contributed by atoms with Gasteiger partial charge in [-0.2, -0.15) is 0 Å². The Labute approximate surface area is 393 Å². The highest BCUT2D eigenvalue weighted by molar-refractivity contribution is 6.12. The maximum absolute atomic E-state index is 5.20. The van der Waals surface area contributed by atoms with Gasteiger partial charge >= 0.3 is 0 Å². The minimum absolute atomic E-state index is 0.616. The molecule has 5 heteroatoms. The first-order valence-electron chi connectivity index (χ1n) is 23.0. The zero-order valence-corrected chi connectivity index (χ0v) is 36.9. The molecule has 3 heterocycles. The number of aromatic nitrogens is 5. The Hall–Kier alpha value is -9.19. The van der Waals surface area contributed by atoms with Gasteiger partial charge in [-0.3, -0.25) is 0 Å². The Kier molecular flexibility index (Phi) is 9.43. The lowest BCUT2D eigenvalue weighted by Crippen LogP contribution is -2.01. The fourth-order valence-corrected chi connectivity index (χ4v) is 9.99. The third-order valence-electron chi connectivity index (χ3n) is 13.2. The molecule has 318 valence electrons. The largest absolute Gasteiger partial charge is 0.309 e. The van der Waals surface area contributed by atoms with E-state index in [-0.39, 0.29) is 0 Å². The van der Waals surface area contributed by atoms with Gasteiger partial charge in [-0.15, -0.1) is 0 Å². The summed E-state index contributed by atoms with van der Waals surface area (Å²) in [5.41, 5.74) is 16.4. The van der Waals surface area contributed by atoms with Crippen LogP contribution >= 0.6 is 0 Å². The first kappa shape index (κ1) is 39.2. The molecular formula is C63H41N5. The van der Waals surface area contributed by atoms with Crippen molar-refractivity contribution in [3.8, 4) is 78.9 Å². The summed E-state index contributed by atoms with van der Waals surface area (Å²) in [5, 5.41) is 4.84. The molecule has 0 saturated heterocycles. The van der Waals surface area contributed by atoms with E-state index in [1.54, 1.807) is 0 Å². The molecule has 0 atom stereocenters. The lowest BCUT2D eigenvalue weighted by molar-refractivity contribution is 1.07. The van der Waals surface area contributed by atoms with Crippen LogP contribution in [0.15, 0.2) is 249 Å². The van der Waals surface area contributed by atoms with Crippen molar-refractivity contribution in [2.45, 2.75) is 0 Å². The zero-order chi connectivity index (χ0) is 45.0. The normalized spacial score (nSPS) is 11.5. The van der Waals surface area contributed by atoms with Crippen LogP contribution in [0.5, 0.6) is 0 Å². The summed E-state index contributed by atoms with van der Waals surface area (Å²) in [6.07, 6.45) is 0. The van der Waals surface area contributed by atoms with Gasteiger partial charge in [-0.05, 0) is 112 Å². The van der Waals surface area contributed by atoms with Crippen LogP contribution in [0.4, 0.5) is 0 Å². The van der Waals surface area contributed by atoms with Crippen LogP contribution in [0.2, 0.25) is 0 Å². The second-order valence-corrected chi connectivity index (χ2v) is 17.2. The van der Waals surface area contributed by atoms with Crippen molar-refractivity contribution in [1.82, 2.24) is 24.1 Å². The Morgan fingerprint density at radius 1 is 0.221 bits per heavy atom. The minimum Gasteiger partial charge on any atom is -0.309 e. The van der Waals surface area contributed by atoms with Crippen molar-refractivity contribution in [2.24, 2.45) is 0 Å². The maximum atomic E-state index is 5.20. The third kappa shape index (κ3) is 6.76. The summed E-state index contributed by atoms with van der Waals surface area (Å²) in [6.45, 7) is 0. The van der Waals surface area contributed by atoms with E-state index >= 15 is 0 Å². The van der Waals surface area contributed by atoms with Crippen molar-refractivity contribution in [3.63, 3.8) is 0 Å². The van der Waals surface area contributed by atoms with Crippen molar-refractivity contribution in [1.29, 1.82) is 0 Å². The molecule has 68 heavy (non-hydrogen) atoms. The van der Waals surface area contributed by atoms with Crippen molar-refractivity contribution < 1.29 is 0 Å². The predicted octanol–water partition coefficient (Wildman–Crippen LogP) is 16.1. The average Bonchev–Trinajstić information content (AvgIpc) is 3.94. The van der Waals surface area contributed by atoms with Crippen LogP contribution in [0.1, 0.15) is 0 Å². The van der Waals surface area contributed by atoms with E-state index in [0.717, 1.165) is 61.4 Å². The first-order chi connectivity index (χ1) is 33.7. The van der Waals surface area contributed by atoms with Crippen LogP contribution in [0, 0.1) is 0 Å². The van der Waals surface area contributed by atoms with Crippen LogP contribution in [0.3, 0.4) is 0 Å². The number of rotatable bonds is 8. The second-order valence-electron chi connectivity index (χ2n) is 17.2. The molecule has 0 saturated carbocycles. The van der Waals surface area contributed by atoms with E-state index in [0.29, 0.717) is 17.5 Å². The van der Waals surface area contributed by atoms with Gasteiger partial charge in [0.2, 0.25) is 0 Å². The Bertz CT molecular complexity index is 3770. The Morgan fingerprint density at radius 2 is 0.588 bits per heavy atom. The molecular weight excluding hydrogens is 827 g/mol. The van der Waals surface area contributed by atoms with E-state index < -0.39 is 0 Å². The fraction of sp³-hybridized carbons (Fsp3) is 0. The van der Waals surface area contributed by atoms with Gasteiger partial charge in [0.05, 0.1) is 22.1 Å². The summed E-state index contributed by atoms with van der Waals surface area (Å²) < 4.78 is 4.74. The number of para-hydroxylation sites is 4. The molecule has 0 aliphatic rings. The lowest BCUT2D eigenvalue weighted by Gasteiger charge is -2.15. The van der Waals surface area contributed by atoms with E-state index in [4.69, 9.17) is 15.0 Å². The van der Waals surface area contributed by atoms with Crippen LogP contribution in [-0.4, -0.2) is 24.1 Å². The highest BCUT2D eigenvalue weighted by Crippen LogP contribution is 2.42. The van der Waals surface area contributed by atoms with Crippen LogP contribution in [0.25, 0.3) is 123 Å². The molecule has 0 bridgehead atoms. The summed E-state index contributed by atoms with van der Waals surface area (Å²) in [4.78, 5) is 15.4. The second kappa shape index (κ2) is 16.4. The minimum atomic E-state index is 0.616. The van der Waals surface area contributed by atoms with E-state index in [9.17, 15) is 0 Å². The molecule has 13 rings (SSSR count). The topological polar surface area (TPSA) is 48.5 Å². The molecule has 0 aliphatic carbocycles. The number of fused-ring (bicyclic) bond motifs is 6. The van der Waals surface area contributed by atoms with Gasteiger partial charge in [0.1, 0.15) is 0 Å². The van der Waals surface area contributed by atoms with Gasteiger partial charge in [-0.25, -0.2) is 15.0 Å². The standard InChI is InChI=1S/C63H41N5/c1-5-19-42(20-6-1)61-64-62(43-21-7-2-8-22-43)66-63(65-61)54-30-14-13-27-51(54)48-38-46(44-33-35-59-55(40-44)52-28-15-17-31-57(52)67(59)49-23-9-3-10-24-49)37-47(39-48)45-34-36-60-56(41-45)53-29-16-18-32-58(53)68(60)50-25-11-4-12-26-50/h1-41H. The highest BCUT2D eigenvalue weighted by atomic mass is 15.0. The Balaban J connectivity index is 1.04. The molecule has 10 aromatic carbocycles. The number of benzene rings is 10. The zero-order valence-electron chi connectivity index (χ0n) is 36.9. The molecule has 13 aromatic rings. The van der Waals surface area contributed by atoms with E-state index in [1.165, 1.54) is 43.6 Å². The summed E-state index contributed by atoms with van der Waals surface area (Å²) in [6, 6.07) is 88.4. The maximum Gasteiger partial charge on any atom is 0.164 e. The van der Waals surface area contributed by atoms with Gasteiger partial charge < -0.3 is 9.13 Å². The molecule has 3 aromatic heterocycles. The predicted molar refractivity (Wildman–Crippen MR) is 281 cm³/mol. The smallest absolute Gasteiger partial charge is 0.164 e. The molecule has 5 nitrogen and oxygen atoms in total. The number of nitrogens with zero attached hydrogens (tertiary/aromatic N) is 5. The lowest BCUT2D eigenvalue weighted by atomic mass is 9.90. The molecule has 0 fully saturated rings. The van der Waals surface area contributed by atoms with E-state index in [1.807, 2.05) is 36.4 Å². The van der Waals surface area contributed by atoms with Crippen LogP contribution < -0.4 is 0 Å². The van der Waals surface area contributed by atoms with Crippen molar-refractivity contribution >= 4 is 43.6 Å².